The molecule has 0 unspecified atom stereocenters. The van der Waals surface area contributed by atoms with Crippen molar-refractivity contribution in [2.45, 2.75) is 0 Å². The molecule has 72 valence electrons. The fourth-order valence-electron chi connectivity index (χ4n) is 0.682. The molecule has 1 heterocycles. The molecule has 0 aromatic carbocycles. The van der Waals surface area contributed by atoms with E-state index in [1.54, 1.807) is 0 Å². The molecule has 0 atom stereocenters. The molecule has 0 fully saturated rings. The van der Waals surface area contributed by atoms with E-state index in [-0.39, 0.29) is 17.8 Å². The topological polar surface area (TPSA) is 123 Å². The lowest BCUT2D eigenvalue weighted by Crippen LogP contribution is -2.22. The summed E-state index contributed by atoms with van der Waals surface area (Å²) in [5, 5.41) is 9.57. The molecule has 0 saturated heterocycles. The van der Waals surface area contributed by atoms with E-state index in [1.165, 1.54) is 7.05 Å². The van der Waals surface area contributed by atoms with Crippen molar-refractivity contribution in [3.05, 3.63) is 0 Å². The van der Waals surface area contributed by atoms with Crippen LogP contribution in [0, 0.1) is 0 Å². The van der Waals surface area contributed by atoms with Gasteiger partial charge in [0.1, 0.15) is 0 Å². The molecule has 0 radical (unpaired) electrons. The van der Waals surface area contributed by atoms with E-state index < -0.39 is 6.79 Å². The summed E-state index contributed by atoms with van der Waals surface area (Å²) >= 11 is 0. The van der Waals surface area contributed by atoms with Crippen LogP contribution in [0.4, 0.5) is 17.8 Å². The van der Waals surface area contributed by atoms with E-state index in [9.17, 15) is 0 Å². The Morgan fingerprint density at radius 2 is 1.85 bits per heavy atom. The fraction of sp³-hybridized carbons (Fsp3) is 0.400. The zero-order valence-electron chi connectivity index (χ0n) is 7.01. The average molecular weight is 186 g/mol. The van der Waals surface area contributed by atoms with Crippen molar-refractivity contribution in [3.63, 3.8) is 0 Å². The fourth-order valence-corrected chi connectivity index (χ4v) is 0.682. The Balaban J connectivity index is 2.87. The van der Waals surface area contributed by atoms with Crippen molar-refractivity contribution >= 4 is 17.8 Å². The Kier molecular flexibility index (Phi) is 2.77. The molecule has 8 heteroatoms. The van der Waals surface area contributed by atoms with E-state index in [2.05, 4.69) is 19.8 Å². The summed E-state index contributed by atoms with van der Waals surface area (Å²) in [6, 6.07) is 0. The number of hydrogen-bond acceptors (Lipinski definition) is 8. The maximum Gasteiger partial charge on any atom is 0.256 e. The predicted octanol–water partition coefficient (Wildman–Crippen LogP) is -1.65. The van der Waals surface area contributed by atoms with Crippen molar-refractivity contribution in [2.75, 3.05) is 30.4 Å². The zero-order chi connectivity index (χ0) is 9.84. The van der Waals surface area contributed by atoms with Crippen LogP contribution < -0.4 is 16.5 Å². The van der Waals surface area contributed by atoms with Gasteiger partial charge < -0.3 is 16.6 Å². The summed E-state index contributed by atoms with van der Waals surface area (Å²) in [6.45, 7) is -0.484. The van der Waals surface area contributed by atoms with E-state index >= 15 is 0 Å². The summed E-state index contributed by atoms with van der Waals surface area (Å²) in [6.07, 6.45) is 0. The number of hydrogen-bond donors (Lipinski definition) is 3. The molecule has 0 spiro atoms. The standard InChI is InChI=1S/C5H10N6O2/c1-11(13-2-12)5-9-3(6)8-4(7)10-5/h12H,2H2,1H3,(H4,6,7,8,9,10). The number of nitrogens with two attached hydrogens (primary N) is 2. The maximum atomic E-state index is 8.44. The van der Waals surface area contributed by atoms with Crippen molar-refractivity contribution in [1.29, 1.82) is 0 Å². The van der Waals surface area contributed by atoms with Gasteiger partial charge in [0.2, 0.25) is 11.9 Å². The van der Waals surface area contributed by atoms with Crippen LogP contribution in [-0.4, -0.2) is 33.9 Å². The third kappa shape index (κ3) is 2.39. The molecule has 0 bridgehead atoms. The molecular formula is C5H10N6O2. The van der Waals surface area contributed by atoms with Crippen LogP contribution in [-0.2, 0) is 4.84 Å². The minimum Gasteiger partial charge on any atom is -0.368 e. The van der Waals surface area contributed by atoms with Crippen LogP contribution in [0.1, 0.15) is 0 Å². The van der Waals surface area contributed by atoms with Gasteiger partial charge in [-0.05, 0) is 0 Å². The molecule has 0 aliphatic carbocycles. The number of anilines is 3. The number of nitrogen functional groups attached to an aromatic ring is 2. The van der Waals surface area contributed by atoms with Gasteiger partial charge in [-0.3, -0.25) is 0 Å². The highest BCUT2D eigenvalue weighted by molar-refractivity contribution is 5.36. The van der Waals surface area contributed by atoms with Gasteiger partial charge in [0.15, 0.2) is 6.79 Å². The molecule has 1 rings (SSSR count). The Morgan fingerprint density at radius 3 is 2.31 bits per heavy atom. The number of aliphatic hydroxyl groups is 1. The lowest BCUT2D eigenvalue weighted by atomic mass is 10.8. The number of aliphatic hydroxyl groups excluding tert-OH is 1. The molecule has 13 heavy (non-hydrogen) atoms. The van der Waals surface area contributed by atoms with Crippen molar-refractivity contribution in [3.8, 4) is 0 Å². The second-order valence-corrected chi connectivity index (χ2v) is 2.11. The lowest BCUT2D eigenvalue weighted by Gasteiger charge is -2.14. The Labute approximate surface area is 74.1 Å². The first-order chi connectivity index (χ1) is 6.13. The lowest BCUT2D eigenvalue weighted by molar-refractivity contribution is -0.0111. The van der Waals surface area contributed by atoms with Crippen LogP contribution in [0.25, 0.3) is 0 Å². The molecule has 0 saturated carbocycles. The largest absolute Gasteiger partial charge is 0.368 e. The van der Waals surface area contributed by atoms with Crippen LogP contribution in [0.5, 0.6) is 0 Å². The number of nitrogens with zero attached hydrogens (tertiary/aromatic N) is 4. The second kappa shape index (κ2) is 3.83. The Bertz CT molecular complexity index is 272. The Morgan fingerprint density at radius 1 is 1.31 bits per heavy atom. The summed E-state index contributed by atoms with van der Waals surface area (Å²) < 4.78 is 0. The van der Waals surface area contributed by atoms with Crippen molar-refractivity contribution < 1.29 is 9.94 Å². The van der Waals surface area contributed by atoms with Gasteiger partial charge in [-0.15, -0.1) is 0 Å². The van der Waals surface area contributed by atoms with Gasteiger partial charge in [-0.1, -0.05) is 0 Å². The van der Waals surface area contributed by atoms with Crippen molar-refractivity contribution in [2.24, 2.45) is 0 Å². The number of hydroxylamine groups is 1. The number of rotatable bonds is 3. The molecule has 0 aliphatic heterocycles. The molecule has 1 aromatic heterocycles. The first-order valence-corrected chi connectivity index (χ1v) is 3.38. The molecule has 8 nitrogen and oxygen atoms in total. The zero-order valence-corrected chi connectivity index (χ0v) is 7.01. The highest BCUT2D eigenvalue weighted by Crippen LogP contribution is 2.07. The van der Waals surface area contributed by atoms with E-state index in [1.807, 2.05) is 0 Å². The number of aromatic nitrogens is 3. The summed E-state index contributed by atoms with van der Waals surface area (Å²) in [5.74, 6) is 0.130. The molecule has 0 amide bonds. The summed E-state index contributed by atoms with van der Waals surface area (Å²) in [5.41, 5.74) is 10.6. The second-order valence-electron chi connectivity index (χ2n) is 2.11. The van der Waals surface area contributed by atoms with Crippen molar-refractivity contribution in [1.82, 2.24) is 15.0 Å². The van der Waals surface area contributed by atoms with Crippen LogP contribution in [0.2, 0.25) is 0 Å². The normalized spacial score (nSPS) is 10.0. The van der Waals surface area contributed by atoms with Gasteiger partial charge in [-0.25, -0.2) is 9.90 Å². The van der Waals surface area contributed by atoms with Crippen LogP contribution in [0.15, 0.2) is 0 Å². The summed E-state index contributed by atoms with van der Waals surface area (Å²) in [7, 11) is 1.50. The van der Waals surface area contributed by atoms with Gasteiger partial charge >= 0.3 is 0 Å². The monoisotopic (exact) mass is 186 g/mol. The minimum absolute atomic E-state index is 0.00381. The average Bonchev–Trinajstić information content (AvgIpc) is 2.03. The van der Waals surface area contributed by atoms with Gasteiger partial charge in [-0.2, -0.15) is 15.0 Å². The molecular weight excluding hydrogens is 176 g/mol. The van der Waals surface area contributed by atoms with E-state index in [0.717, 1.165) is 5.06 Å². The third-order valence-corrected chi connectivity index (χ3v) is 1.19. The maximum absolute atomic E-state index is 8.44. The minimum atomic E-state index is -0.484. The first kappa shape index (κ1) is 9.42. The van der Waals surface area contributed by atoms with Crippen LogP contribution >= 0.6 is 0 Å². The van der Waals surface area contributed by atoms with Gasteiger partial charge in [0, 0.05) is 7.05 Å². The predicted molar refractivity (Wildman–Crippen MR) is 45.2 cm³/mol. The Hall–Kier alpha value is -1.67. The SMILES string of the molecule is CN(OCO)c1nc(N)nc(N)n1. The highest BCUT2D eigenvalue weighted by Gasteiger charge is 2.06. The summed E-state index contributed by atoms with van der Waals surface area (Å²) in [4.78, 5) is 15.7. The van der Waals surface area contributed by atoms with E-state index in [0.29, 0.717) is 0 Å². The van der Waals surface area contributed by atoms with Crippen LogP contribution in [0.3, 0.4) is 0 Å². The third-order valence-electron chi connectivity index (χ3n) is 1.19. The molecule has 5 N–H and O–H groups in total. The highest BCUT2D eigenvalue weighted by atomic mass is 16.7. The quantitative estimate of drug-likeness (QED) is 0.379. The van der Waals surface area contributed by atoms with Gasteiger partial charge in [0.25, 0.3) is 5.95 Å². The first-order valence-electron chi connectivity index (χ1n) is 3.38. The van der Waals surface area contributed by atoms with E-state index in [4.69, 9.17) is 16.6 Å². The van der Waals surface area contributed by atoms with Gasteiger partial charge in [0.05, 0.1) is 0 Å². The molecule has 0 aliphatic rings. The smallest absolute Gasteiger partial charge is 0.256 e. The molecule has 1 aromatic rings.